The quantitative estimate of drug-likeness (QED) is 0.123. The second kappa shape index (κ2) is 13.1. The smallest absolute Gasteiger partial charge is 0.220 e. The fourth-order valence-electron chi connectivity index (χ4n) is 6.24. The molecule has 4 rings (SSSR count). The van der Waals surface area contributed by atoms with Crippen molar-refractivity contribution in [3.63, 3.8) is 0 Å². The average Bonchev–Trinajstić information content (AvgIpc) is 3.30. The van der Waals surface area contributed by atoms with Gasteiger partial charge in [-0.25, -0.2) is 0 Å². The largest absolute Gasteiger partial charge is 0.355 e. The molecule has 4 nitrogen and oxygen atoms in total. The highest BCUT2D eigenvalue weighted by Crippen LogP contribution is 2.47. The van der Waals surface area contributed by atoms with Gasteiger partial charge < -0.3 is 10.2 Å². The first-order chi connectivity index (χ1) is 19.2. The minimum Gasteiger partial charge on any atom is -0.355 e. The van der Waals surface area contributed by atoms with E-state index in [1.807, 2.05) is 0 Å². The van der Waals surface area contributed by atoms with Crippen LogP contribution in [-0.2, 0) is 15.6 Å². The van der Waals surface area contributed by atoms with Gasteiger partial charge in [0.25, 0.3) is 0 Å². The highest BCUT2D eigenvalue weighted by Gasteiger charge is 2.43. The zero-order chi connectivity index (χ0) is 28.8. The van der Waals surface area contributed by atoms with E-state index < -0.39 is 0 Å². The lowest BCUT2D eigenvalue weighted by atomic mass is 9.81. The maximum Gasteiger partial charge on any atom is 0.220 e. The van der Waals surface area contributed by atoms with Crippen LogP contribution in [0.4, 0.5) is 11.4 Å². The van der Waals surface area contributed by atoms with Crippen LogP contribution in [0.15, 0.2) is 84.6 Å². The molecule has 0 radical (unpaired) electrons. The number of unbranched alkanes of at least 4 members (excludes halogenated alkanes) is 2. The van der Waals surface area contributed by atoms with Crippen LogP contribution in [-0.4, -0.2) is 41.6 Å². The van der Waals surface area contributed by atoms with E-state index in [2.05, 4.69) is 141 Å². The lowest BCUT2D eigenvalue weighted by molar-refractivity contribution is -0.433. The third-order valence-corrected chi connectivity index (χ3v) is 8.59. The molecule has 0 aliphatic carbocycles. The molecular formula is C35H46N3OS+. The molecule has 5 heteroatoms. The second-order valence-corrected chi connectivity index (χ2v) is 12.2. The Balaban J connectivity index is 1.47. The molecule has 2 aliphatic heterocycles. The van der Waals surface area contributed by atoms with Crippen LogP contribution in [0.1, 0.15) is 71.4 Å². The number of anilines is 1. The molecule has 2 aliphatic rings. The summed E-state index contributed by atoms with van der Waals surface area (Å²) in [5.74, 6) is 0.809. The molecule has 0 bridgehead atoms. The van der Waals surface area contributed by atoms with Crippen LogP contribution in [0.5, 0.6) is 0 Å². The molecule has 2 heterocycles. The van der Waals surface area contributed by atoms with Crippen LogP contribution in [0.3, 0.4) is 0 Å². The summed E-state index contributed by atoms with van der Waals surface area (Å²) < 4.78 is 2.43. The average molecular weight is 557 g/mol. The maximum atomic E-state index is 11.9. The highest BCUT2D eigenvalue weighted by atomic mass is 32.1. The lowest BCUT2D eigenvalue weighted by Crippen LogP contribution is -2.27. The molecule has 0 spiro atoms. The SMILES string of the molecule is CC[N+]1=C(/C=C/C=C/C=C2/N(CCCCCC(=O)NCCS)c3ccccc3C2(C)C)C(C)(C)c2ccccc21. The second-order valence-electron chi connectivity index (χ2n) is 11.7. The zero-order valence-corrected chi connectivity index (χ0v) is 25.8. The summed E-state index contributed by atoms with van der Waals surface area (Å²) >= 11 is 4.16. The first-order valence-electron chi connectivity index (χ1n) is 14.8. The molecule has 40 heavy (non-hydrogen) atoms. The molecule has 1 N–H and O–H groups in total. The van der Waals surface area contributed by atoms with E-state index in [1.54, 1.807) is 0 Å². The molecular weight excluding hydrogens is 510 g/mol. The number of carbonyl (C=O) groups excluding carboxylic acids is 1. The third-order valence-electron chi connectivity index (χ3n) is 8.36. The zero-order valence-electron chi connectivity index (χ0n) is 24.9. The fraction of sp³-hybridized carbons (Fsp3) is 0.429. The van der Waals surface area contributed by atoms with Gasteiger partial charge in [0.05, 0.1) is 5.41 Å². The van der Waals surface area contributed by atoms with Crippen molar-refractivity contribution in [3.8, 4) is 0 Å². The van der Waals surface area contributed by atoms with Crippen LogP contribution in [0, 0.1) is 0 Å². The molecule has 2 aromatic carbocycles. The molecule has 0 saturated heterocycles. The molecule has 0 saturated carbocycles. The molecule has 0 fully saturated rings. The number of carbonyl (C=O) groups is 1. The predicted octanol–water partition coefficient (Wildman–Crippen LogP) is 7.48. The molecule has 2 aromatic rings. The topological polar surface area (TPSA) is 35.4 Å². The number of hydrogen-bond acceptors (Lipinski definition) is 3. The van der Waals surface area contributed by atoms with E-state index in [0.29, 0.717) is 18.7 Å². The summed E-state index contributed by atoms with van der Waals surface area (Å²) in [6.45, 7) is 14.0. The molecule has 212 valence electrons. The van der Waals surface area contributed by atoms with Crippen molar-refractivity contribution in [2.24, 2.45) is 0 Å². The summed E-state index contributed by atoms with van der Waals surface area (Å²) in [4.78, 5) is 14.4. The van der Waals surface area contributed by atoms with E-state index in [0.717, 1.165) is 32.4 Å². The Kier molecular flexibility index (Phi) is 9.78. The van der Waals surface area contributed by atoms with Crippen LogP contribution >= 0.6 is 12.6 Å². The Morgan fingerprint density at radius 3 is 2.40 bits per heavy atom. The van der Waals surface area contributed by atoms with Gasteiger partial charge in [0.15, 0.2) is 5.71 Å². The Morgan fingerprint density at radius 2 is 1.65 bits per heavy atom. The first kappa shape index (κ1) is 29.9. The molecule has 0 aromatic heterocycles. The highest BCUT2D eigenvalue weighted by molar-refractivity contribution is 7.80. The number of thiol groups is 1. The number of allylic oxidation sites excluding steroid dienone is 6. The Labute approximate surface area is 247 Å². The Hall–Kier alpha value is -3.05. The van der Waals surface area contributed by atoms with Crippen molar-refractivity contribution in [3.05, 3.63) is 95.7 Å². The van der Waals surface area contributed by atoms with Gasteiger partial charge in [-0.1, -0.05) is 74.9 Å². The summed E-state index contributed by atoms with van der Waals surface area (Å²) in [5.41, 5.74) is 7.95. The van der Waals surface area contributed by atoms with Gasteiger partial charge in [0, 0.05) is 59.8 Å². The van der Waals surface area contributed by atoms with Crippen LogP contribution in [0.25, 0.3) is 0 Å². The summed E-state index contributed by atoms with van der Waals surface area (Å²) in [7, 11) is 0. The van der Waals surface area contributed by atoms with Gasteiger partial charge >= 0.3 is 0 Å². The third kappa shape index (κ3) is 6.15. The summed E-state index contributed by atoms with van der Waals surface area (Å²) in [5, 5.41) is 2.91. The van der Waals surface area contributed by atoms with E-state index >= 15 is 0 Å². The van der Waals surface area contributed by atoms with Gasteiger partial charge in [0.2, 0.25) is 11.6 Å². The van der Waals surface area contributed by atoms with E-state index in [1.165, 1.54) is 33.9 Å². The monoisotopic (exact) mass is 556 g/mol. The lowest BCUT2D eigenvalue weighted by Gasteiger charge is -2.27. The van der Waals surface area contributed by atoms with E-state index in [-0.39, 0.29) is 16.7 Å². The van der Waals surface area contributed by atoms with Crippen molar-refractivity contribution in [1.29, 1.82) is 0 Å². The number of nitrogens with one attached hydrogen (secondary N) is 1. The molecule has 0 unspecified atom stereocenters. The van der Waals surface area contributed by atoms with Crippen molar-refractivity contribution >= 4 is 35.6 Å². The fourth-order valence-corrected chi connectivity index (χ4v) is 6.35. The summed E-state index contributed by atoms with van der Waals surface area (Å²) in [6.07, 6.45) is 14.7. The number of amides is 1. The number of benzene rings is 2. The number of hydrogen-bond donors (Lipinski definition) is 2. The van der Waals surface area contributed by atoms with Crippen LogP contribution < -0.4 is 10.2 Å². The van der Waals surface area contributed by atoms with Gasteiger partial charge in [-0.2, -0.15) is 17.2 Å². The summed E-state index contributed by atoms with van der Waals surface area (Å²) in [6, 6.07) is 17.5. The molecule has 0 atom stereocenters. The number of para-hydroxylation sites is 2. The van der Waals surface area contributed by atoms with Gasteiger partial charge in [-0.05, 0) is 51.3 Å². The minimum atomic E-state index is -0.0692. The van der Waals surface area contributed by atoms with E-state index in [9.17, 15) is 4.79 Å². The first-order valence-corrected chi connectivity index (χ1v) is 15.4. The minimum absolute atomic E-state index is 0.0193. The maximum absolute atomic E-state index is 11.9. The van der Waals surface area contributed by atoms with Gasteiger partial charge in [-0.3, -0.25) is 4.79 Å². The van der Waals surface area contributed by atoms with Crippen molar-refractivity contribution < 1.29 is 9.37 Å². The number of fused-ring (bicyclic) bond motifs is 2. The van der Waals surface area contributed by atoms with Crippen molar-refractivity contribution in [2.45, 2.75) is 71.1 Å². The number of nitrogens with zero attached hydrogens (tertiary/aromatic N) is 2. The van der Waals surface area contributed by atoms with E-state index in [4.69, 9.17) is 0 Å². The number of rotatable bonds is 12. The standard InChI is InChI=1S/C35H45N3OS/c1-6-37-29-19-14-12-17-27(29)34(2,3)31(37)21-9-7-10-22-32-35(4,5)28-18-13-15-20-30(28)38(32)25-16-8-11-23-33(39)36-24-26-40/h7,9-10,12-15,17-22H,6,8,11,16,23-26H2,1-5H3,(H-,36,39,40)/p+1. The van der Waals surface area contributed by atoms with Crippen molar-refractivity contribution in [2.75, 3.05) is 30.3 Å². The van der Waals surface area contributed by atoms with Gasteiger partial charge in [-0.15, -0.1) is 0 Å². The van der Waals surface area contributed by atoms with Crippen molar-refractivity contribution in [1.82, 2.24) is 5.32 Å². The predicted molar refractivity (Wildman–Crippen MR) is 173 cm³/mol. The normalized spacial score (nSPS) is 18.2. The Bertz CT molecular complexity index is 1330. The van der Waals surface area contributed by atoms with Gasteiger partial charge in [0.1, 0.15) is 6.54 Å². The van der Waals surface area contributed by atoms with Crippen LogP contribution in [0.2, 0.25) is 0 Å². The molecule has 1 amide bonds. The Morgan fingerprint density at radius 1 is 0.925 bits per heavy atom.